The minimum atomic E-state index is 1.12. The zero-order valence-corrected chi connectivity index (χ0v) is 28.1. The monoisotopic (exact) mass is 653 g/mol. The molecule has 0 unspecified atom stereocenters. The van der Waals surface area contributed by atoms with Gasteiger partial charge >= 0.3 is 0 Å². The van der Waals surface area contributed by atoms with Crippen LogP contribution in [0.3, 0.4) is 0 Å². The van der Waals surface area contributed by atoms with E-state index in [0.29, 0.717) is 0 Å². The number of para-hydroxylation sites is 1. The number of fused-ring (bicyclic) bond motifs is 8. The second-order valence-corrected chi connectivity index (χ2v) is 14.0. The zero-order valence-electron chi connectivity index (χ0n) is 27.3. The zero-order chi connectivity index (χ0) is 33.0. The summed E-state index contributed by atoms with van der Waals surface area (Å²) < 4.78 is 2.61. The largest absolute Gasteiger partial charge is 0.310 e. The number of thiophene rings is 1. The lowest BCUT2D eigenvalue weighted by Crippen LogP contribution is -2.11. The lowest BCUT2D eigenvalue weighted by atomic mass is 9.94. The molecule has 0 fully saturated rings. The molecule has 1 aromatic heterocycles. The van der Waals surface area contributed by atoms with Crippen LogP contribution in [0.4, 0.5) is 17.1 Å². The molecule has 1 heterocycles. The summed E-state index contributed by atoms with van der Waals surface area (Å²) in [7, 11) is 0. The number of anilines is 3. The van der Waals surface area contributed by atoms with Gasteiger partial charge in [-0.05, 0) is 91.5 Å². The Kier molecular flexibility index (Phi) is 6.75. The van der Waals surface area contributed by atoms with Crippen molar-refractivity contribution in [2.24, 2.45) is 0 Å². The fourth-order valence-corrected chi connectivity index (χ4v) is 8.75. The van der Waals surface area contributed by atoms with Gasteiger partial charge in [0.25, 0.3) is 0 Å². The molecule has 0 aliphatic carbocycles. The summed E-state index contributed by atoms with van der Waals surface area (Å²) in [6.07, 6.45) is 0. The van der Waals surface area contributed by atoms with Crippen LogP contribution in [-0.4, -0.2) is 0 Å². The predicted molar refractivity (Wildman–Crippen MR) is 217 cm³/mol. The van der Waals surface area contributed by atoms with E-state index in [0.717, 1.165) is 17.1 Å². The normalized spacial score (nSPS) is 11.6. The summed E-state index contributed by atoms with van der Waals surface area (Å²) in [5.41, 5.74) is 8.22. The van der Waals surface area contributed by atoms with Crippen molar-refractivity contribution in [3.8, 4) is 22.3 Å². The third kappa shape index (κ3) is 4.76. The average molecular weight is 654 g/mol. The van der Waals surface area contributed by atoms with Crippen LogP contribution in [-0.2, 0) is 0 Å². The molecule has 0 N–H and O–H groups in total. The highest BCUT2D eigenvalue weighted by molar-refractivity contribution is 7.25. The molecule has 0 spiro atoms. The van der Waals surface area contributed by atoms with Gasteiger partial charge in [-0.2, -0.15) is 0 Å². The summed E-state index contributed by atoms with van der Waals surface area (Å²) in [5, 5.41) is 10.3. The SMILES string of the molecule is c1ccc(-c2ccccc2N(c2ccc(-c3ccc4ccc5c6ccccc6ccc5c4c3)cc2)c2ccc3c(c2)sc2ccccc23)cc1. The molecule has 1 nitrogen and oxygen atoms in total. The van der Waals surface area contributed by atoms with E-state index in [1.54, 1.807) is 0 Å². The minimum Gasteiger partial charge on any atom is -0.310 e. The van der Waals surface area contributed by atoms with Crippen LogP contribution in [0.25, 0.3) is 74.7 Å². The highest BCUT2D eigenvalue weighted by atomic mass is 32.1. The fourth-order valence-electron chi connectivity index (χ4n) is 7.61. The molecule has 0 saturated carbocycles. The summed E-state index contributed by atoms with van der Waals surface area (Å²) in [6.45, 7) is 0. The molecule has 2 heteroatoms. The molecule has 50 heavy (non-hydrogen) atoms. The second-order valence-electron chi connectivity index (χ2n) is 12.9. The van der Waals surface area contributed by atoms with Gasteiger partial charge in [0, 0.05) is 37.1 Å². The maximum atomic E-state index is 2.41. The number of hydrogen-bond donors (Lipinski definition) is 0. The average Bonchev–Trinajstić information content (AvgIpc) is 3.56. The third-order valence-electron chi connectivity index (χ3n) is 10.1. The van der Waals surface area contributed by atoms with E-state index in [1.165, 1.54) is 74.7 Å². The first-order valence-electron chi connectivity index (χ1n) is 17.1. The Balaban J connectivity index is 1.11. The molecule has 0 radical (unpaired) electrons. The molecule has 10 aromatic rings. The van der Waals surface area contributed by atoms with Crippen molar-refractivity contribution in [1.82, 2.24) is 0 Å². The van der Waals surface area contributed by atoms with Crippen LogP contribution >= 0.6 is 11.3 Å². The first-order valence-corrected chi connectivity index (χ1v) is 17.9. The van der Waals surface area contributed by atoms with E-state index >= 15 is 0 Å². The highest BCUT2D eigenvalue weighted by Crippen LogP contribution is 2.44. The van der Waals surface area contributed by atoms with Crippen LogP contribution in [0.2, 0.25) is 0 Å². The first kappa shape index (κ1) is 28.8. The van der Waals surface area contributed by atoms with Gasteiger partial charge < -0.3 is 4.90 Å². The molecule has 0 saturated heterocycles. The predicted octanol–water partition coefficient (Wildman–Crippen LogP) is 14.3. The van der Waals surface area contributed by atoms with E-state index in [-0.39, 0.29) is 0 Å². The number of nitrogens with zero attached hydrogens (tertiary/aromatic N) is 1. The highest BCUT2D eigenvalue weighted by Gasteiger charge is 2.18. The van der Waals surface area contributed by atoms with Gasteiger partial charge in [0.2, 0.25) is 0 Å². The molecule has 0 atom stereocenters. The Hall–Kier alpha value is -6.22. The molecule has 0 aliphatic heterocycles. The van der Waals surface area contributed by atoms with E-state index in [2.05, 4.69) is 193 Å². The van der Waals surface area contributed by atoms with Crippen LogP contribution in [0.1, 0.15) is 0 Å². The van der Waals surface area contributed by atoms with Gasteiger partial charge in [0.15, 0.2) is 0 Å². The Morgan fingerprint density at radius 3 is 1.78 bits per heavy atom. The van der Waals surface area contributed by atoms with Gasteiger partial charge in [0.05, 0.1) is 5.69 Å². The standard InChI is InChI=1S/C48H31NS/c1-2-10-33(11-3-1)40-14-6-8-16-46(40)49(38-26-29-44-43-15-7-9-17-47(43)50-48(44)31-38)37-24-20-32(21-25-37)36-19-18-35-23-27-41-39-13-5-4-12-34(39)22-28-42(41)45(35)30-36/h1-31H. The summed E-state index contributed by atoms with van der Waals surface area (Å²) in [6, 6.07) is 68.7. The Morgan fingerprint density at radius 2 is 0.920 bits per heavy atom. The van der Waals surface area contributed by atoms with Crippen molar-refractivity contribution in [1.29, 1.82) is 0 Å². The summed E-state index contributed by atoms with van der Waals surface area (Å²) in [4.78, 5) is 2.41. The van der Waals surface area contributed by atoms with E-state index in [1.807, 2.05) is 11.3 Å². The molecule has 10 rings (SSSR count). The smallest absolute Gasteiger partial charge is 0.0540 e. The molecule has 9 aromatic carbocycles. The molecular formula is C48H31NS. The molecule has 0 amide bonds. The van der Waals surface area contributed by atoms with Gasteiger partial charge in [-0.1, -0.05) is 146 Å². The third-order valence-corrected chi connectivity index (χ3v) is 11.2. The topological polar surface area (TPSA) is 3.24 Å². The van der Waals surface area contributed by atoms with E-state index < -0.39 is 0 Å². The van der Waals surface area contributed by atoms with Crippen molar-refractivity contribution in [2.45, 2.75) is 0 Å². The number of hydrogen-bond acceptors (Lipinski definition) is 2. The fraction of sp³-hybridized carbons (Fsp3) is 0. The lowest BCUT2D eigenvalue weighted by Gasteiger charge is -2.28. The number of rotatable bonds is 5. The van der Waals surface area contributed by atoms with Crippen LogP contribution < -0.4 is 4.90 Å². The maximum Gasteiger partial charge on any atom is 0.0540 e. The van der Waals surface area contributed by atoms with Gasteiger partial charge in [-0.15, -0.1) is 11.3 Å². The van der Waals surface area contributed by atoms with Gasteiger partial charge in [-0.3, -0.25) is 0 Å². The van der Waals surface area contributed by atoms with Crippen LogP contribution in [0, 0.1) is 0 Å². The van der Waals surface area contributed by atoms with Crippen LogP contribution in [0.5, 0.6) is 0 Å². The first-order chi connectivity index (χ1) is 24.8. The van der Waals surface area contributed by atoms with Crippen molar-refractivity contribution in [3.63, 3.8) is 0 Å². The Labute approximate surface area is 294 Å². The van der Waals surface area contributed by atoms with Gasteiger partial charge in [-0.25, -0.2) is 0 Å². The quantitative estimate of drug-likeness (QED) is 0.167. The van der Waals surface area contributed by atoms with Crippen molar-refractivity contribution < 1.29 is 0 Å². The van der Waals surface area contributed by atoms with Crippen LogP contribution in [0.15, 0.2) is 188 Å². The van der Waals surface area contributed by atoms with Crippen molar-refractivity contribution >= 4 is 80.9 Å². The number of benzene rings is 9. The second kappa shape index (κ2) is 11.7. The Bertz CT molecular complexity index is 2870. The minimum absolute atomic E-state index is 1.12. The van der Waals surface area contributed by atoms with Gasteiger partial charge in [0.1, 0.15) is 0 Å². The lowest BCUT2D eigenvalue weighted by molar-refractivity contribution is 1.29. The summed E-state index contributed by atoms with van der Waals surface area (Å²) >= 11 is 1.86. The molecule has 234 valence electrons. The molecule has 0 bridgehead atoms. The van der Waals surface area contributed by atoms with E-state index in [9.17, 15) is 0 Å². The van der Waals surface area contributed by atoms with E-state index in [4.69, 9.17) is 0 Å². The van der Waals surface area contributed by atoms with Crippen molar-refractivity contribution in [2.75, 3.05) is 4.90 Å². The maximum absolute atomic E-state index is 2.41. The molecular weight excluding hydrogens is 623 g/mol. The van der Waals surface area contributed by atoms with Crippen molar-refractivity contribution in [3.05, 3.63) is 188 Å². The summed E-state index contributed by atoms with van der Waals surface area (Å²) in [5.74, 6) is 0. The Morgan fingerprint density at radius 1 is 0.320 bits per heavy atom. The molecule has 0 aliphatic rings.